The van der Waals surface area contributed by atoms with E-state index in [9.17, 15) is 17.6 Å². The highest BCUT2D eigenvalue weighted by molar-refractivity contribution is 7.87. The van der Waals surface area contributed by atoms with Crippen LogP contribution in [-0.4, -0.2) is 25.9 Å². The molecule has 0 atom stereocenters. The number of carbonyl (C=O) groups is 1. The number of guanidine groups is 1. The van der Waals surface area contributed by atoms with Crippen LogP contribution in [0.4, 0.5) is 4.39 Å². The molecule has 0 radical (unpaired) electrons. The van der Waals surface area contributed by atoms with Crippen molar-refractivity contribution in [3.8, 4) is 11.1 Å². The zero-order chi connectivity index (χ0) is 20.5. The van der Waals surface area contributed by atoms with Crippen LogP contribution in [0.1, 0.15) is 9.67 Å². The lowest BCUT2D eigenvalue weighted by Gasteiger charge is -2.05. The molecule has 0 saturated carbocycles. The molecule has 0 aliphatic rings. The zero-order valence-corrected chi connectivity index (χ0v) is 16.4. The number of carbonyl (C=O) groups excluding carboxylic acids is 1. The Balaban J connectivity index is 1.93. The van der Waals surface area contributed by atoms with Crippen LogP contribution >= 0.6 is 22.9 Å². The number of Topliss-reactive ketones (excluding diaryl/α,β-unsaturated/α-hetero) is 1. The van der Waals surface area contributed by atoms with Gasteiger partial charge in [-0.25, -0.2) is 9.87 Å². The molecule has 0 aliphatic carbocycles. The third kappa shape index (κ3) is 4.47. The van der Waals surface area contributed by atoms with Gasteiger partial charge < -0.3 is 5.73 Å². The van der Waals surface area contributed by atoms with E-state index in [-0.39, 0.29) is 9.90 Å². The quantitative estimate of drug-likeness (QED) is 0.233. The molecule has 7 nitrogen and oxygen atoms in total. The lowest BCUT2D eigenvalue weighted by atomic mass is 10.0. The van der Waals surface area contributed by atoms with Crippen molar-refractivity contribution in [3.05, 3.63) is 58.2 Å². The Hall–Kier alpha value is -2.53. The molecule has 0 fully saturated rings. The van der Waals surface area contributed by atoms with Gasteiger partial charge in [0, 0.05) is 10.1 Å². The van der Waals surface area contributed by atoms with Gasteiger partial charge in [0.1, 0.15) is 11.6 Å². The Kier molecular flexibility index (Phi) is 5.66. The molecule has 0 saturated heterocycles. The van der Waals surface area contributed by atoms with Crippen LogP contribution in [0, 0.1) is 11.2 Å². The van der Waals surface area contributed by atoms with E-state index in [1.807, 2.05) is 0 Å². The second-order valence-corrected chi connectivity index (χ2v) is 8.74. The van der Waals surface area contributed by atoms with E-state index in [0.29, 0.717) is 10.9 Å². The molecular weight excluding hydrogens is 429 g/mol. The summed E-state index contributed by atoms with van der Waals surface area (Å²) in [6.07, 6.45) is 0. The Morgan fingerprint density at radius 1 is 1.29 bits per heavy atom. The molecule has 3 aromatic rings. The van der Waals surface area contributed by atoms with Crippen molar-refractivity contribution in [1.82, 2.24) is 5.48 Å². The van der Waals surface area contributed by atoms with Gasteiger partial charge in [0.15, 0.2) is 5.78 Å². The van der Waals surface area contributed by atoms with Gasteiger partial charge in [0.05, 0.1) is 9.90 Å². The molecule has 0 bridgehead atoms. The number of benzene rings is 2. The third-order valence-electron chi connectivity index (χ3n) is 3.65. The van der Waals surface area contributed by atoms with E-state index in [4.69, 9.17) is 22.7 Å². The summed E-state index contributed by atoms with van der Waals surface area (Å²) in [4.78, 5) is 12.6. The summed E-state index contributed by atoms with van der Waals surface area (Å²) >= 11 is 6.98. The van der Waals surface area contributed by atoms with Crippen molar-refractivity contribution in [2.24, 2.45) is 5.73 Å². The van der Waals surface area contributed by atoms with Gasteiger partial charge in [-0.3, -0.25) is 10.2 Å². The minimum absolute atomic E-state index is 0.0257. The van der Waals surface area contributed by atoms with E-state index in [0.717, 1.165) is 21.6 Å². The summed E-state index contributed by atoms with van der Waals surface area (Å²) in [5, 5.41) is 7.57. The molecule has 3 rings (SSSR count). The summed E-state index contributed by atoms with van der Waals surface area (Å²) in [5.41, 5.74) is 8.03. The largest absolute Gasteiger partial charge is 0.368 e. The van der Waals surface area contributed by atoms with Gasteiger partial charge >= 0.3 is 0 Å². The van der Waals surface area contributed by atoms with Crippen molar-refractivity contribution in [1.29, 1.82) is 5.41 Å². The number of nitrogens with two attached hydrogens (primary N) is 1. The molecule has 11 heteroatoms. The summed E-state index contributed by atoms with van der Waals surface area (Å²) in [5.74, 6) is -2.84. The fourth-order valence-electron chi connectivity index (χ4n) is 2.48. The summed E-state index contributed by atoms with van der Waals surface area (Å²) in [6, 6.07) is 11.2. The minimum Gasteiger partial charge on any atom is -0.368 e. The molecule has 0 spiro atoms. The second kappa shape index (κ2) is 7.84. The van der Waals surface area contributed by atoms with Crippen molar-refractivity contribution >= 4 is 54.9 Å². The van der Waals surface area contributed by atoms with Crippen LogP contribution in [0.3, 0.4) is 0 Å². The number of nitrogens with one attached hydrogen (secondary N) is 2. The van der Waals surface area contributed by atoms with Crippen molar-refractivity contribution in [3.63, 3.8) is 0 Å². The number of thiophene rings is 1. The first-order chi connectivity index (χ1) is 13.2. The lowest BCUT2D eigenvalue weighted by Crippen LogP contribution is -2.34. The van der Waals surface area contributed by atoms with Crippen LogP contribution in [0.5, 0.6) is 0 Å². The fraction of sp³-hybridized carbons (Fsp3) is 0.0588. The van der Waals surface area contributed by atoms with Gasteiger partial charge in [-0.05, 0) is 35.4 Å². The summed E-state index contributed by atoms with van der Waals surface area (Å²) < 4.78 is 42.0. The number of halogens is 2. The van der Waals surface area contributed by atoms with Gasteiger partial charge in [0.25, 0.3) is 10.1 Å². The minimum atomic E-state index is -4.27. The lowest BCUT2D eigenvalue weighted by molar-refractivity contribution is 0.102. The molecule has 2 aromatic carbocycles. The number of hydrogen-bond donors (Lipinski definition) is 3. The first kappa shape index (κ1) is 20.2. The molecule has 0 unspecified atom stereocenters. The average molecular weight is 442 g/mol. The summed E-state index contributed by atoms with van der Waals surface area (Å²) in [7, 11) is -4.27. The Morgan fingerprint density at radius 3 is 2.71 bits per heavy atom. The van der Waals surface area contributed by atoms with E-state index < -0.39 is 33.4 Å². The molecule has 1 aromatic heterocycles. The Bertz CT molecular complexity index is 1190. The monoisotopic (exact) mass is 441 g/mol. The molecule has 4 N–H and O–H groups in total. The number of hydrogen-bond acceptors (Lipinski definition) is 6. The van der Waals surface area contributed by atoms with Gasteiger partial charge in [-0.1, -0.05) is 29.8 Å². The Morgan fingerprint density at radius 2 is 2.04 bits per heavy atom. The maximum Gasteiger partial charge on any atom is 0.295 e. The number of fused-ring (bicyclic) bond motifs is 1. The van der Waals surface area contributed by atoms with Crippen LogP contribution in [0.25, 0.3) is 21.2 Å². The normalized spacial score (nSPS) is 11.5. The van der Waals surface area contributed by atoms with Crippen LogP contribution in [0.15, 0.2) is 42.5 Å². The zero-order valence-electron chi connectivity index (χ0n) is 14.0. The SMILES string of the molecule is N=C(N)NOS(=O)(=O)CC(=O)c1cc2c(-c3ccc(F)c(Cl)c3)cccc2s1. The van der Waals surface area contributed by atoms with E-state index in [1.54, 1.807) is 35.8 Å². The van der Waals surface area contributed by atoms with Gasteiger partial charge in [-0.15, -0.1) is 15.6 Å². The maximum absolute atomic E-state index is 13.4. The highest BCUT2D eigenvalue weighted by Crippen LogP contribution is 2.35. The molecule has 146 valence electrons. The van der Waals surface area contributed by atoms with Crippen LogP contribution in [-0.2, 0) is 14.4 Å². The van der Waals surface area contributed by atoms with Gasteiger partial charge in [0.2, 0.25) is 5.96 Å². The first-order valence-corrected chi connectivity index (χ1v) is 10.5. The number of ketones is 1. The maximum atomic E-state index is 13.4. The highest BCUT2D eigenvalue weighted by atomic mass is 35.5. The molecule has 0 amide bonds. The predicted molar refractivity (Wildman–Crippen MR) is 106 cm³/mol. The average Bonchev–Trinajstić information content (AvgIpc) is 3.06. The second-order valence-electron chi connectivity index (χ2n) is 5.68. The highest BCUT2D eigenvalue weighted by Gasteiger charge is 2.22. The fourth-order valence-corrected chi connectivity index (χ4v) is 4.53. The van der Waals surface area contributed by atoms with Gasteiger partial charge in [-0.2, -0.15) is 8.42 Å². The standard InChI is InChI=1S/C17H13ClFN3O4S2/c18-12-6-9(4-5-13(12)19)10-2-1-3-15-11(10)7-16(27-15)14(23)8-28(24,25)26-22-17(20)21/h1-7H,8H2,(H4,20,21,22). The van der Waals surface area contributed by atoms with E-state index in [1.165, 1.54) is 12.1 Å². The van der Waals surface area contributed by atoms with Crippen LogP contribution < -0.4 is 11.2 Å². The van der Waals surface area contributed by atoms with E-state index >= 15 is 0 Å². The smallest absolute Gasteiger partial charge is 0.295 e. The first-order valence-electron chi connectivity index (χ1n) is 7.68. The van der Waals surface area contributed by atoms with Crippen molar-refractivity contribution < 1.29 is 21.9 Å². The predicted octanol–water partition coefficient (Wildman–Crippen LogP) is 3.29. The van der Waals surface area contributed by atoms with Crippen molar-refractivity contribution in [2.45, 2.75) is 0 Å². The molecular formula is C17H13ClFN3O4S2. The number of rotatable bonds is 6. The Labute approximate surface area is 168 Å². The van der Waals surface area contributed by atoms with E-state index in [2.05, 4.69) is 4.28 Å². The molecule has 1 heterocycles. The third-order valence-corrected chi connectivity index (χ3v) is 6.04. The van der Waals surface area contributed by atoms with Crippen LogP contribution in [0.2, 0.25) is 5.02 Å². The molecule has 28 heavy (non-hydrogen) atoms. The van der Waals surface area contributed by atoms with Crippen molar-refractivity contribution in [2.75, 3.05) is 5.75 Å². The molecule has 0 aliphatic heterocycles. The number of hydroxylamine groups is 1. The topological polar surface area (TPSA) is 122 Å². The summed E-state index contributed by atoms with van der Waals surface area (Å²) in [6.45, 7) is 0.